The van der Waals surface area contributed by atoms with Crippen LogP contribution in [0.1, 0.15) is 27.0 Å². The van der Waals surface area contributed by atoms with Crippen LogP contribution in [0.15, 0.2) is 54.7 Å². The van der Waals surface area contributed by atoms with Crippen LogP contribution in [0.25, 0.3) is 10.7 Å². The molecule has 0 fully saturated rings. The number of aryl methyl sites for hydroxylation is 1. The number of benzene rings is 1. The van der Waals surface area contributed by atoms with Gasteiger partial charge in [0, 0.05) is 11.8 Å². The summed E-state index contributed by atoms with van der Waals surface area (Å²) in [5.41, 5.74) is 7.11. The second-order valence-electron chi connectivity index (χ2n) is 5.25. The molecule has 0 unspecified atom stereocenters. The van der Waals surface area contributed by atoms with E-state index < -0.39 is 18.0 Å². The number of hydrogen-bond donors (Lipinski definition) is 1. The highest BCUT2D eigenvalue weighted by atomic mass is 32.1. The molecule has 7 heteroatoms. The van der Waals surface area contributed by atoms with E-state index >= 15 is 0 Å². The molecule has 3 aromatic rings. The van der Waals surface area contributed by atoms with Gasteiger partial charge in [-0.1, -0.05) is 36.4 Å². The Morgan fingerprint density at radius 1 is 1.12 bits per heavy atom. The summed E-state index contributed by atoms with van der Waals surface area (Å²) in [7, 11) is 0. The number of ether oxygens (including phenoxy) is 1. The van der Waals surface area contributed by atoms with Crippen LogP contribution in [0.3, 0.4) is 0 Å². The van der Waals surface area contributed by atoms with Gasteiger partial charge >= 0.3 is 5.97 Å². The number of nitrogens with two attached hydrogens (primary N) is 1. The lowest BCUT2D eigenvalue weighted by atomic mass is 10.1. The lowest BCUT2D eigenvalue weighted by molar-refractivity contribution is -0.127. The summed E-state index contributed by atoms with van der Waals surface area (Å²) >= 11 is 1.17. The number of aromatic nitrogens is 2. The first-order valence-corrected chi connectivity index (χ1v) is 8.32. The Morgan fingerprint density at radius 3 is 2.48 bits per heavy atom. The Morgan fingerprint density at radius 2 is 1.84 bits per heavy atom. The molecule has 0 aliphatic carbocycles. The molecule has 0 spiro atoms. The summed E-state index contributed by atoms with van der Waals surface area (Å²) in [5.74, 6) is -1.36. The maximum atomic E-state index is 12.5. The highest BCUT2D eigenvalue weighted by Gasteiger charge is 2.26. The quantitative estimate of drug-likeness (QED) is 0.712. The van der Waals surface area contributed by atoms with E-state index in [9.17, 15) is 9.59 Å². The van der Waals surface area contributed by atoms with E-state index in [0.29, 0.717) is 26.8 Å². The number of carbonyl (C=O) groups is 2. The van der Waals surface area contributed by atoms with Gasteiger partial charge in [0.1, 0.15) is 9.88 Å². The zero-order chi connectivity index (χ0) is 17.8. The van der Waals surface area contributed by atoms with Gasteiger partial charge < -0.3 is 10.5 Å². The summed E-state index contributed by atoms with van der Waals surface area (Å²) in [6, 6.07) is 14.1. The van der Waals surface area contributed by atoms with Crippen LogP contribution in [-0.2, 0) is 9.53 Å². The lowest BCUT2D eigenvalue weighted by Gasteiger charge is -2.14. The molecule has 0 radical (unpaired) electrons. The summed E-state index contributed by atoms with van der Waals surface area (Å²) in [4.78, 5) is 33.1. The topological polar surface area (TPSA) is 95.2 Å². The van der Waals surface area contributed by atoms with Crippen molar-refractivity contribution in [3.63, 3.8) is 0 Å². The molecule has 3 rings (SSSR count). The number of hydrogen-bond acceptors (Lipinski definition) is 6. The van der Waals surface area contributed by atoms with Crippen LogP contribution < -0.4 is 5.73 Å². The van der Waals surface area contributed by atoms with Gasteiger partial charge in [-0.2, -0.15) is 0 Å². The van der Waals surface area contributed by atoms with Gasteiger partial charge in [-0.15, -0.1) is 11.3 Å². The Hall–Kier alpha value is -3.06. The fraction of sp³-hybridized carbons (Fsp3) is 0.111. The fourth-order valence-corrected chi connectivity index (χ4v) is 3.19. The molecule has 0 saturated heterocycles. The maximum absolute atomic E-state index is 12.5. The van der Waals surface area contributed by atoms with Crippen molar-refractivity contribution < 1.29 is 14.3 Å². The third kappa shape index (κ3) is 3.72. The van der Waals surface area contributed by atoms with Crippen LogP contribution in [-0.4, -0.2) is 21.8 Å². The van der Waals surface area contributed by atoms with E-state index in [4.69, 9.17) is 10.5 Å². The molecule has 1 amide bonds. The van der Waals surface area contributed by atoms with Crippen molar-refractivity contribution in [3.05, 3.63) is 70.9 Å². The van der Waals surface area contributed by atoms with E-state index in [1.54, 1.807) is 49.5 Å². The minimum absolute atomic E-state index is 0.322. The van der Waals surface area contributed by atoms with Crippen molar-refractivity contribution in [2.24, 2.45) is 5.73 Å². The molecule has 0 bridgehead atoms. The number of rotatable bonds is 5. The number of primary amides is 1. The van der Waals surface area contributed by atoms with Gasteiger partial charge in [0.2, 0.25) is 6.10 Å². The van der Waals surface area contributed by atoms with Crippen molar-refractivity contribution >= 4 is 23.2 Å². The minimum Gasteiger partial charge on any atom is -0.443 e. The van der Waals surface area contributed by atoms with E-state index in [1.165, 1.54) is 11.3 Å². The number of thiazole rings is 1. The first-order chi connectivity index (χ1) is 12.1. The maximum Gasteiger partial charge on any atom is 0.351 e. The Kier molecular flexibility index (Phi) is 4.85. The predicted molar refractivity (Wildman–Crippen MR) is 93.9 cm³/mol. The molecule has 1 atom stereocenters. The first kappa shape index (κ1) is 16.8. The van der Waals surface area contributed by atoms with E-state index in [2.05, 4.69) is 9.97 Å². The molecule has 0 aliphatic rings. The first-order valence-electron chi connectivity index (χ1n) is 7.50. The predicted octanol–water partition coefficient (Wildman–Crippen LogP) is 2.90. The van der Waals surface area contributed by atoms with Crippen molar-refractivity contribution in [3.8, 4) is 10.7 Å². The van der Waals surface area contributed by atoms with Crippen molar-refractivity contribution in [1.82, 2.24) is 9.97 Å². The highest BCUT2D eigenvalue weighted by Crippen LogP contribution is 2.28. The van der Waals surface area contributed by atoms with E-state index in [0.717, 1.165) is 0 Å². The molecule has 126 valence electrons. The molecule has 0 aliphatic heterocycles. The van der Waals surface area contributed by atoms with Gasteiger partial charge in [0.25, 0.3) is 5.91 Å². The van der Waals surface area contributed by atoms with Crippen molar-refractivity contribution in [2.75, 3.05) is 0 Å². The Balaban J connectivity index is 1.86. The van der Waals surface area contributed by atoms with Gasteiger partial charge in [0.05, 0.1) is 11.4 Å². The van der Waals surface area contributed by atoms with Crippen LogP contribution >= 0.6 is 11.3 Å². The smallest absolute Gasteiger partial charge is 0.351 e. The second kappa shape index (κ2) is 7.23. The monoisotopic (exact) mass is 353 g/mol. The number of nitrogens with zero attached hydrogens (tertiary/aromatic N) is 2. The molecular weight excluding hydrogens is 338 g/mol. The minimum atomic E-state index is -1.14. The molecular formula is C18H15N3O3S. The normalized spacial score (nSPS) is 11.7. The van der Waals surface area contributed by atoms with E-state index in [1.807, 2.05) is 12.1 Å². The summed E-state index contributed by atoms with van der Waals surface area (Å²) in [6.45, 7) is 1.71. The summed E-state index contributed by atoms with van der Waals surface area (Å²) in [6.07, 6.45) is 0.510. The average Bonchev–Trinajstić information content (AvgIpc) is 3.02. The van der Waals surface area contributed by atoms with Gasteiger partial charge in [-0.3, -0.25) is 9.78 Å². The van der Waals surface area contributed by atoms with Crippen LogP contribution in [0.2, 0.25) is 0 Å². The number of pyridine rings is 1. The van der Waals surface area contributed by atoms with Crippen LogP contribution in [0, 0.1) is 6.92 Å². The van der Waals surface area contributed by atoms with Gasteiger partial charge in [-0.05, 0) is 19.1 Å². The standard InChI is InChI=1S/C18H15N3O3S/c1-11-15(25-17(21-11)13-9-5-6-10-20-13)18(23)24-14(16(19)22)12-7-3-2-4-8-12/h2-10,14H,1H3,(H2,19,22)/t14-/m1/s1. The lowest BCUT2D eigenvalue weighted by Crippen LogP contribution is -2.26. The Labute approximate surface area is 148 Å². The average molecular weight is 353 g/mol. The van der Waals surface area contributed by atoms with Crippen molar-refractivity contribution in [2.45, 2.75) is 13.0 Å². The van der Waals surface area contributed by atoms with Gasteiger partial charge in [-0.25, -0.2) is 9.78 Å². The molecule has 0 saturated carbocycles. The molecule has 25 heavy (non-hydrogen) atoms. The summed E-state index contributed by atoms with van der Waals surface area (Å²) in [5, 5.41) is 0.611. The number of esters is 1. The zero-order valence-corrected chi connectivity index (χ0v) is 14.2. The fourth-order valence-electron chi connectivity index (χ4n) is 2.26. The molecule has 6 nitrogen and oxygen atoms in total. The SMILES string of the molecule is Cc1nc(-c2ccccn2)sc1C(=O)O[C@@H](C(N)=O)c1ccccc1. The number of carbonyl (C=O) groups excluding carboxylic acids is 2. The second-order valence-corrected chi connectivity index (χ2v) is 6.25. The third-order valence-electron chi connectivity index (χ3n) is 3.45. The van der Waals surface area contributed by atoms with E-state index in [-0.39, 0.29) is 0 Å². The Bertz CT molecular complexity index is 894. The zero-order valence-electron chi connectivity index (χ0n) is 13.4. The highest BCUT2D eigenvalue weighted by molar-refractivity contribution is 7.17. The van der Waals surface area contributed by atoms with Crippen LogP contribution in [0.5, 0.6) is 0 Å². The summed E-state index contributed by atoms with van der Waals surface area (Å²) < 4.78 is 5.35. The third-order valence-corrected chi connectivity index (χ3v) is 4.61. The molecule has 1 aromatic carbocycles. The van der Waals surface area contributed by atoms with Crippen LogP contribution in [0.4, 0.5) is 0 Å². The van der Waals surface area contributed by atoms with Gasteiger partial charge in [0.15, 0.2) is 0 Å². The largest absolute Gasteiger partial charge is 0.443 e. The molecule has 2 heterocycles. The molecule has 2 aromatic heterocycles. The van der Waals surface area contributed by atoms with Crippen molar-refractivity contribution in [1.29, 1.82) is 0 Å². The molecule has 2 N–H and O–H groups in total. The number of amides is 1.